The van der Waals surface area contributed by atoms with E-state index in [1.54, 1.807) is 30.5 Å². The number of halogens is 6. The van der Waals surface area contributed by atoms with Crippen LogP contribution in [0.5, 0.6) is 0 Å². The molecule has 1 aromatic heterocycles. The SMILES string of the molecule is CN(c1ccc(Cn2cc(CC(=O)O)c3ccccc32)cc1)c1cc(C(F)(F)F)cc(C(F)(F)F)c1. The molecule has 0 bridgehead atoms. The third-order valence-electron chi connectivity index (χ3n) is 5.85. The summed E-state index contributed by atoms with van der Waals surface area (Å²) in [6.45, 7) is 0.395. The normalized spacial score (nSPS) is 12.2. The van der Waals surface area contributed by atoms with Gasteiger partial charge in [-0.3, -0.25) is 4.79 Å². The van der Waals surface area contributed by atoms with E-state index in [0.29, 0.717) is 29.9 Å². The zero-order valence-electron chi connectivity index (χ0n) is 18.9. The van der Waals surface area contributed by atoms with Crippen LogP contribution in [-0.2, 0) is 30.1 Å². The highest BCUT2D eigenvalue weighted by Gasteiger charge is 2.37. The number of aliphatic carboxylic acids is 1. The molecule has 0 aliphatic carbocycles. The van der Waals surface area contributed by atoms with E-state index in [0.717, 1.165) is 16.5 Å². The fraction of sp³-hybridized carbons (Fsp3) is 0.192. The van der Waals surface area contributed by atoms with Gasteiger partial charge < -0.3 is 14.6 Å². The molecule has 10 heteroatoms. The Balaban J connectivity index is 1.62. The van der Waals surface area contributed by atoms with Crippen LogP contribution in [-0.4, -0.2) is 22.7 Å². The number of benzene rings is 3. The van der Waals surface area contributed by atoms with Crippen LogP contribution in [0.4, 0.5) is 37.7 Å². The minimum atomic E-state index is -4.93. The molecule has 0 spiro atoms. The van der Waals surface area contributed by atoms with Crippen LogP contribution in [0.2, 0.25) is 0 Å². The number of carboxylic acid groups (broad SMARTS) is 1. The molecule has 0 aliphatic rings. The number of hydrogen-bond donors (Lipinski definition) is 1. The average molecular weight is 506 g/mol. The summed E-state index contributed by atoms with van der Waals surface area (Å²) in [6.07, 6.45) is -8.23. The van der Waals surface area contributed by atoms with Gasteiger partial charge in [0.2, 0.25) is 0 Å². The Bertz CT molecular complexity index is 1370. The van der Waals surface area contributed by atoms with Crippen LogP contribution in [0.1, 0.15) is 22.3 Å². The Hall–Kier alpha value is -3.95. The van der Waals surface area contributed by atoms with Gasteiger partial charge in [0.1, 0.15) is 0 Å². The first-order chi connectivity index (χ1) is 16.8. The van der Waals surface area contributed by atoms with Crippen LogP contribution < -0.4 is 4.90 Å². The van der Waals surface area contributed by atoms with Gasteiger partial charge in [0.15, 0.2) is 0 Å². The monoisotopic (exact) mass is 506 g/mol. The Labute approximate surface area is 202 Å². The molecule has 0 amide bonds. The molecule has 0 unspecified atom stereocenters. The lowest BCUT2D eigenvalue weighted by Gasteiger charge is -2.23. The molecule has 36 heavy (non-hydrogen) atoms. The van der Waals surface area contributed by atoms with Gasteiger partial charge in [-0.15, -0.1) is 0 Å². The summed E-state index contributed by atoms with van der Waals surface area (Å²) in [7, 11) is 1.39. The molecule has 4 nitrogen and oxygen atoms in total. The Morgan fingerprint density at radius 2 is 1.44 bits per heavy atom. The number of fused-ring (bicyclic) bond motifs is 1. The van der Waals surface area contributed by atoms with Gasteiger partial charge in [-0.2, -0.15) is 26.3 Å². The predicted octanol–water partition coefficient (Wildman–Crippen LogP) is 7.12. The van der Waals surface area contributed by atoms with Crippen molar-refractivity contribution in [3.63, 3.8) is 0 Å². The molecule has 0 saturated heterocycles. The molecule has 0 aliphatic heterocycles. The first kappa shape index (κ1) is 25.2. The largest absolute Gasteiger partial charge is 0.481 e. The lowest BCUT2D eigenvalue weighted by molar-refractivity contribution is -0.143. The van der Waals surface area contributed by atoms with Crippen LogP contribution in [0.15, 0.2) is 72.9 Å². The number of rotatable bonds is 6. The lowest BCUT2D eigenvalue weighted by Crippen LogP contribution is -2.15. The maximum Gasteiger partial charge on any atom is 0.416 e. The van der Waals surface area contributed by atoms with Gasteiger partial charge in [-0.05, 0) is 47.5 Å². The maximum absolute atomic E-state index is 13.2. The topological polar surface area (TPSA) is 45.5 Å². The van der Waals surface area contributed by atoms with E-state index in [1.807, 2.05) is 28.8 Å². The standard InChI is InChI=1S/C26H20F6N2O2/c1-33(21-12-18(25(27,28)29)11-19(13-21)26(30,31)32)20-8-6-16(7-9-20)14-34-15-17(10-24(35)36)22-4-2-3-5-23(22)34/h2-9,11-13,15H,10,14H2,1H3,(H,35,36). The second-order valence-corrected chi connectivity index (χ2v) is 8.36. The second kappa shape index (κ2) is 9.25. The molecule has 188 valence electrons. The third kappa shape index (κ3) is 5.32. The van der Waals surface area contributed by atoms with Gasteiger partial charge in [0.25, 0.3) is 0 Å². The van der Waals surface area contributed by atoms with Gasteiger partial charge >= 0.3 is 18.3 Å². The second-order valence-electron chi connectivity index (χ2n) is 8.36. The van der Waals surface area contributed by atoms with Crippen molar-refractivity contribution in [1.82, 2.24) is 4.57 Å². The van der Waals surface area contributed by atoms with E-state index in [-0.39, 0.29) is 18.2 Å². The molecule has 4 rings (SSSR count). The summed E-state index contributed by atoms with van der Waals surface area (Å²) in [6, 6.07) is 15.5. The number of aromatic nitrogens is 1. The number of nitrogens with zero attached hydrogens (tertiary/aromatic N) is 2. The van der Waals surface area contributed by atoms with Crippen LogP contribution >= 0.6 is 0 Å². The van der Waals surface area contributed by atoms with Crippen LogP contribution in [0, 0.1) is 0 Å². The summed E-state index contributed by atoms with van der Waals surface area (Å²) in [4.78, 5) is 12.5. The third-order valence-corrected chi connectivity index (χ3v) is 5.85. The minimum Gasteiger partial charge on any atom is -0.481 e. The van der Waals surface area contributed by atoms with Crippen molar-refractivity contribution < 1.29 is 36.2 Å². The van der Waals surface area contributed by atoms with Crippen molar-refractivity contribution >= 4 is 28.2 Å². The van der Waals surface area contributed by atoms with Crippen LogP contribution in [0.3, 0.4) is 0 Å². The number of carboxylic acids is 1. The van der Waals surface area contributed by atoms with Crippen molar-refractivity contribution in [2.45, 2.75) is 25.3 Å². The van der Waals surface area contributed by atoms with Gasteiger partial charge in [0, 0.05) is 42.1 Å². The highest BCUT2D eigenvalue weighted by molar-refractivity contribution is 5.87. The molecule has 0 radical (unpaired) electrons. The Kier molecular flexibility index (Phi) is 6.46. The molecular weight excluding hydrogens is 486 g/mol. The molecule has 4 aromatic rings. The van der Waals surface area contributed by atoms with Crippen LogP contribution in [0.25, 0.3) is 10.9 Å². The fourth-order valence-electron chi connectivity index (χ4n) is 4.06. The van der Waals surface area contributed by atoms with Gasteiger partial charge in [-0.25, -0.2) is 0 Å². The first-order valence-corrected chi connectivity index (χ1v) is 10.7. The Morgan fingerprint density at radius 3 is 2.00 bits per heavy atom. The average Bonchev–Trinajstić information content (AvgIpc) is 3.14. The zero-order chi connectivity index (χ0) is 26.3. The molecule has 0 atom stereocenters. The molecule has 0 fully saturated rings. The number of alkyl halides is 6. The number of anilines is 2. The molecule has 0 saturated carbocycles. The van der Waals surface area contributed by atoms with E-state index in [1.165, 1.54) is 11.9 Å². The summed E-state index contributed by atoms with van der Waals surface area (Å²) in [5.41, 5.74) is -0.289. The minimum absolute atomic E-state index is 0.0977. The highest BCUT2D eigenvalue weighted by atomic mass is 19.4. The number of para-hydroxylation sites is 1. The fourth-order valence-corrected chi connectivity index (χ4v) is 4.06. The van der Waals surface area contributed by atoms with E-state index in [2.05, 4.69) is 0 Å². The first-order valence-electron chi connectivity index (χ1n) is 10.7. The highest BCUT2D eigenvalue weighted by Crippen LogP contribution is 2.39. The molecule has 1 heterocycles. The number of carbonyl (C=O) groups is 1. The zero-order valence-corrected chi connectivity index (χ0v) is 18.9. The van der Waals surface area contributed by atoms with E-state index in [9.17, 15) is 36.2 Å². The summed E-state index contributed by atoms with van der Waals surface area (Å²) >= 11 is 0. The summed E-state index contributed by atoms with van der Waals surface area (Å²) < 4.78 is 81.2. The number of hydrogen-bond acceptors (Lipinski definition) is 2. The molecule has 3 aromatic carbocycles. The van der Waals surface area contributed by atoms with Crippen molar-refractivity contribution in [1.29, 1.82) is 0 Å². The quantitative estimate of drug-likeness (QED) is 0.283. The maximum atomic E-state index is 13.2. The predicted molar refractivity (Wildman–Crippen MR) is 123 cm³/mol. The van der Waals surface area contributed by atoms with E-state index < -0.39 is 29.4 Å². The van der Waals surface area contributed by atoms with E-state index >= 15 is 0 Å². The van der Waals surface area contributed by atoms with Gasteiger partial charge in [-0.1, -0.05) is 30.3 Å². The van der Waals surface area contributed by atoms with Crippen molar-refractivity contribution in [2.24, 2.45) is 0 Å². The van der Waals surface area contributed by atoms with Crippen molar-refractivity contribution in [3.05, 3.63) is 95.2 Å². The van der Waals surface area contributed by atoms with Crippen molar-refractivity contribution in [2.75, 3.05) is 11.9 Å². The summed E-state index contributed by atoms with van der Waals surface area (Å²) in [5.74, 6) is -0.950. The van der Waals surface area contributed by atoms with E-state index in [4.69, 9.17) is 0 Å². The smallest absolute Gasteiger partial charge is 0.416 e. The van der Waals surface area contributed by atoms with Gasteiger partial charge in [0.05, 0.1) is 17.5 Å². The Morgan fingerprint density at radius 1 is 0.861 bits per heavy atom. The lowest BCUT2D eigenvalue weighted by atomic mass is 10.1. The summed E-state index contributed by atoms with van der Waals surface area (Å²) in [5, 5.41) is 10.0. The van der Waals surface area contributed by atoms with Crippen molar-refractivity contribution in [3.8, 4) is 0 Å². The molecular formula is C26H20F6N2O2. The molecule has 1 N–H and O–H groups in total.